The van der Waals surface area contributed by atoms with Gasteiger partial charge in [0.1, 0.15) is 23.4 Å². The summed E-state index contributed by atoms with van der Waals surface area (Å²) in [6, 6.07) is 15.6. The van der Waals surface area contributed by atoms with Crippen molar-refractivity contribution in [2.24, 2.45) is 0 Å². The fourth-order valence-electron chi connectivity index (χ4n) is 5.23. The van der Waals surface area contributed by atoms with Crippen molar-refractivity contribution in [1.82, 2.24) is 24.7 Å². The average Bonchev–Trinajstić information content (AvgIpc) is 3.71. The molecule has 5 rings (SSSR count). The van der Waals surface area contributed by atoms with E-state index in [1.165, 1.54) is 62.0 Å². The van der Waals surface area contributed by atoms with E-state index in [4.69, 9.17) is 4.52 Å². The second kappa shape index (κ2) is 15.4. The van der Waals surface area contributed by atoms with E-state index in [0.29, 0.717) is 29.0 Å². The molecule has 2 heterocycles. The molecule has 1 atom stereocenters. The Balaban J connectivity index is 1.50. The number of hydrogen-bond acceptors (Lipinski definition) is 8. The van der Waals surface area contributed by atoms with E-state index in [2.05, 4.69) is 20.2 Å². The Kier molecular flexibility index (Phi) is 11.1. The molecule has 0 radical (unpaired) electrons. The monoisotopic (exact) mass is 705 g/mol. The normalized spacial score (nSPS) is 12.5. The largest absolute Gasteiger partial charge is 0.360 e. The minimum atomic E-state index is -4.35. The second-order valence-corrected chi connectivity index (χ2v) is 13.8. The SMILES string of the molecule is CSCC[C@H](NC(=O)c1ccc(C=C(Cn2ccnc2)c2ccc(F)cc2)cc1-c1ccc(F)cc1)C(=O)NS(=O)(=O)c1c(C)noc1C. The van der Waals surface area contributed by atoms with Crippen molar-refractivity contribution in [1.29, 1.82) is 0 Å². The predicted octanol–water partition coefficient (Wildman–Crippen LogP) is 6.03. The molecule has 0 aliphatic rings. The van der Waals surface area contributed by atoms with Gasteiger partial charge in [0.15, 0.2) is 10.7 Å². The zero-order valence-corrected chi connectivity index (χ0v) is 28.4. The molecular weight excluding hydrogens is 673 g/mol. The zero-order chi connectivity index (χ0) is 35.1. The minimum absolute atomic E-state index is 0.0215. The van der Waals surface area contributed by atoms with Gasteiger partial charge >= 0.3 is 0 Å². The molecule has 0 saturated heterocycles. The van der Waals surface area contributed by atoms with E-state index in [9.17, 15) is 26.8 Å². The van der Waals surface area contributed by atoms with Crippen LogP contribution in [0.3, 0.4) is 0 Å². The van der Waals surface area contributed by atoms with E-state index in [0.717, 1.165) is 11.1 Å². The zero-order valence-electron chi connectivity index (χ0n) is 26.8. The Bertz CT molecular complexity index is 2060. The number of aryl methyl sites for hydroxylation is 2. The van der Waals surface area contributed by atoms with E-state index in [1.54, 1.807) is 49.1 Å². The fourth-order valence-corrected chi connectivity index (χ4v) is 7.06. The summed E-state index contributed by atoms with van der Waals surface area (Å²) in [4.78, 5) is 31.1. The summed E-state index contributed by atoms with van der Waals surface area (Å²) in [5.74, 6) is -1.92. The Labute approximate surface area is 286 Å². The Morgan fingerprint density at radius 2 is 1.71 bits per heavy atom. The highest BCUT2D eigenvalue weighted by molar-refractivity contribution is 7.98. The van der Waals surface area contributed by atoms with Crippen molar-refractivity contribution in [2.45, 2.75) is 37.8 Å². The number of nitrogens with one attached hydrogen (secondary N) is 2. The maximum absolute atomic E-state index is 13.9. The van der Waals surface area contributed by atoms with Crippen molar-refractivity contribution < 1.29 is 31.3 Å². The molecule has 0 unspecified atom stereocenters. The maximum atomic E-state index is 13.9. The number of aromatic nitrogens is 3. The number of benzene rings is 3. The van der Waals surface area contributed by atoms with E-state index >= 15 is 0 Å². The summed E-state index contributed by atoms with van der Waals surface area (Å²) in [5.41, 5.74) is 3.54. The number of halogens is 2. The van der Waals surface area contributed by atoms with Crippen molar-refractivity contribution in [3.05, 3.63) is 125 Å². The van der Waals surface area contributed by atoms with Gasteiger partial charge in [-0.3, -0.25) is 9.59 Å². The Morgan fingerprint density at radius 3 is 2.33 bits per heavy atom. The number of rotatable bonds is 13. The van der Waals surface area contributed by atoms with Crippen molar-refractivity contribution >= 4 is 45.2 Å². The van der Waals surface area contributed by atoms with Crippen molar-refractivity contribution in [3.8, 4) is 11.1 Å². The van der Waals surface area contributed by atoms with Crippen LogP contribution in [0, 0.1) is 25.5 Å². The number of sulfonamides is 1. The van der Waals surface area contributed by atoms with Crippen LogP contribution in [0.2, 0.25) is 0 Å². The highest BCUT2D eigenvalue weighted by atomic mass is 32.2. The number of carbonyl (C=O) groups is 2. The summed E-state index contributed by atoms with van der Waals surface area (Å²) in [5, 5.41) is 6.36. The highest BCUT2D eigenvalue weighted by Gasteiger charge is 2.30. The third-order valence-corrected chi connectivity index (χ3v) is 9.85. The molecule has 2 aromatic heterocycles. The number of thioether (sulfide) groups is 1. The standard InChI is InChI=1S/C35H33F2N5O5S2/c1-22-33(23(2)47-40-22)49(45,46)41-35(44)32(14-17-48-3)39-34(43)30-13-4-24(19-31(30)26-7-11-29(37)12-8-26)18-27(20-42-16-15-38-21-42)25-5-9-28(36)10-6-25/h4-13,15-16,18-19,21,32H,14,17,20H2,1-3H3,(H,39,43)(H,41,44)/t32-/m0/s1. The van der Waals surface area contributed by atoms with Crippen LogP contribution >= 0.6 is 11.8 Å². The maximum Gasteiger partial charge on any atom is 0.269 e. The molecule has 10 nitrogen and oxygen atoms in total. The molecule has 0 spiro atoms. The van der Waals surface area contributed by atoms with Gasteiger partial charge in [0, 0.05) is 24.5 Å². The summed E-state index contributed by atoms with van der Waals surface area (Å²) < 4.78 is 62.8. The van der Waals surface area contributed by atoms with Crippen LogP contribution in [0.5, 0.6) is 0 Å². The molecule has 49 heavy (non-hydrogen) atoms. The number of imidazole rings is 1. The third kappa shape index (κ3) is 8.69. The van der Waals surface area contributed by atoms with Crippen molar-refractivity contribution in [2.75, 3.05) is 12.0 Å². The molecule has 2 N–H and O–H groups in total. The number of amides is 2. The lowest BCUT2D eigenvalue weighted by molar-refractivity contribution is -0.121. The van der Waals surface area contributed by atoms with E-state index in [-0.39, 0.29) is 34.2 Å². The fraction of sp³-hybridized carbons (Fsp3) is 0.200. The molecule has 0 aliphatic heterocycles. The minimum Gasteiger partial charge on any atom is -0.360 e. The third-order valence-electron chi connectivity index (χ3n) is 7.62. The topological polar surface area (TPSA) is 136 Å². The van der Waals surface area contributed by atoms with Gasteiger partial charge in [-0.1, -0.05) is 35.5 Å². The van der Waals surface area contributed by atoms with Crippen molar-refractivity contribution in [3.63, 3.8) is 0 Å². The van der Waals surface area contributed by atoms with Gasteiger partial charge in [0.05, 0.1) is 6.33 Å². The van der Waals surface area contributed by atoms with Gasteiger partial charge in [-0.05, 0) is 103 Å². The van der Waals surface area contributed by atoms with Gasteiger partial charge in [-0.25, -0.2) is 26.9 Å². The number of hydrogen-bond donors (Lipinski definition) is 2. The molecule has 14 heteroatoms. The van der Waals surface area contributed by atoms with Crippen LogP contribution in [0.25, 0.3) is 22.8 Å². The Hall–Kier alpha value is -5.08. The lowest BCUT2D eigenvalue weighted by Gasteiger charge is -2.20. The van der Waals surface area contributed by atoms with E-state index < -0.39 is 33.7 Å². The van der Waals surface area contributed by atoms with Crippen LogP contribution < -0.4 is 10.0 Å². The number of allylic oxidation sites excluding steroid dienone is 1. The van der Waals surface area contributed by atoms with Crippen LogP contribution in [0.1, 0.15) is 39.4 Å². The molecule has 0 fully saturated rings. The summed E-state index contributed by atoms with van der Waals surface area (Å²) in [6.07, 6.45) is 8.98. The highest BCUT2D eigenvalue weighted by Crippen LogP contribution is 2.29. The smallest absolute Gasteiger partial charge is 0.269 e. The first-order chi connectivity index (χ1) is 23.4. The van der Waals surface area contributed by atoms with Gasteiger partial charge in [0.25, 0.3) is 21.8 Å². The first-order valence-corrected chi connectivity index (χ1v) is 17.9. The van der Waals surface area contributed by atoms with Gasteiger partial charge in [-0.2, -0.15) is 11.8 Å². The first kappa shape index (κ1) is 35.2. The molecule has 0 saturated carbocycles. The van der Waals surface area contributed by atoms with Gasteiger partial charge < -0.3 is 14.4 Å². The average molecular weight is 706 g/mol. The lowest BCUT2D eigenvalue weighted by Crippen LogP contribution is -2.48. The predicted molar refractivity (Wildman–Crippen MR) is 184 cm³/mol. The molecule has 0 bridgehead atoms. The molecule has 254 valence electrons. The molecule has 0 aliphatic carbocycles. The van der Waals surface area contributed by atoms with Gasteiger partial charge in [-0.15, -0.1) is 0 Å². The molecule has 3 aromatic carbocycles. The lowest BCUT2D eigenvalue weighted by atomic mass is 9.94. The van der Waals surface area contributed by atoms with E-state index in [1.807, 2.05) is 16.9 Å². The summed E-state index contributed by atoms with van der Waals surface area (Å²) in [7, 11) is -4.35. The first-order valence-electron chi connectivity index (χ1n) is 15.1. The summed E-state index contributed by atoms with van der Waals surface area (Å²) >= 11 is 1.43. The quantitative estimate of drug-likeness (QED) is 0.142. The van der Waals surface area contributed by atoms with Crippen LogP contribution in [0.15, 0.2) is 94.9 Å². The second-order valence-electron chi connectivity index (χ2n) is 11.2. The molecule has 2 amide bonds. The Morgan fingerprint density at radius 1 is 1.02 bits per heavy atom. The van der Waals surface area contributed by atoms with Gasteiger partial charge in [0.2, 0.25) is 0 Å². The molecular formula is C35H33F2N5O5S2. The molecule has 5 aromatic rings. The van der Waals surface area contributed by atoms with Crippen LogP contribution in [-0.2, 0) is 21.4 Å². The summed E-state index contributed by atoms with van der Waals surface area (Å²) in [6.45, 7) is 3.28. The number of carbonyl (C=O) groups excluding carboxylic acids is 2. The van der Waals surface area contributed by atoms with Crippen LogP contribution in [-0.4, -0.2) is 53.0 Å². The van der Waals surface area contributed by atoms with Crippen LogP contribution in [0.4, 0.5) is 8.78 Å². The number of nitrogens with zero attached hydrogens (tertiary/aromatic N) is 3.